The molecule has 2 aromatic heterocycles. The normalized spacial score (nSPS) is 10.9. The van der Waals surface area contributed by atoms with Gasteiger partial charge >= 0.3 is 11.4 Å². The van der Waals surface area contributed by atoms with Crippen LogP contribution in [0, 0.1) is 20.2 Å². The summed E-state index contributed by atoms with van der Waals surface area (Å²) in [6.45, 7) is 1.39. The maximum absolute atomic E-state index is 11.7. The zero-order chi connectivity index (χ0) is 26.4. The molecule has 0 saturated carbocycles. The Labute approximate surface area is 228 Å². The molecule has 0 saturated heterocycles. The maximum atomic E-state index is 11.7. The van der Waals surface area contributed by atoms with Crippen LogP contribution in [0.3, 0.4) is 0 Å². The third-order valence-electron chi connectivity index (χ3n) is 5.48. The number of hydrogen-bond acceptors (Lipinski definition) is 8. The van der Waals surface area contributed by atoms with Crippen LogP contribution in [0.1, 0.15) is 17.5 Å². The third-order valence-corrected chi connectivity index (χ3v) is 6.55. The summed E-state index contributed by atoms with van der Waals surface area (Å²) in [6, 6.07) is 19.0. The van der Waals surface area contributed by atoms with Gasteiger partial charge in [0.05, 0.1) is 9.85 Å². The summed E-state index contributed by atoms with van der Waals surface area (Å²) in [6.07, 6.45) is 0.455. The molecule has 0 spiro atoms. The van der Waals surface area contributed by atoms with E-state index in [-0.39, 0.29) is 32.2 Å². The van der Waals surface area contributed by atoms with Crippen LogP contribution < -0.4 is 10.6 Å². The van der Waals surface area contributed by atoms with Gasteiger partial charge in [0.15, 0.2) is 0 Å². The minimum absolute atomic E-state index is 0.121. The van der Waals surface area contributed by atoms with Crippen LogP contribution in [0.25, 0.3) is 0 Å². The molecule has 192 valence electrons. The minimum Gasteiger partial charge on any atom is -0.360 e. The summed E-state index contributed by atoms with van der Waals surface area (Å²) in [4.78, 5) is 22.4. The lowest BCUT2D eigenvalue weighted by Gasteiger charge is -2.11. The predicted octanol–water partition coefficient (Wildman–Crippen LogP) is 5.74. The molecule has 0 unspecified atom stereocenters. The van der Waals surface area contributed by atoms with Crippen LogP contribution in [-0.4, -0.2) is 29.4 Å². The van der Waals surface area contributed by atoms with E-state index >= 15 is 0 Å². The molecule has 12 nitrogen and oxygen atoms in total. The van der Waals surface area contributed by atoms with Gasteiger partial charge in [-0.05, 0) is 49.4 Å². The Morgan fingerprint density at radius 3 is 1.43 bits per heavy atom. The molecule has 0 bridgehead atoms. The van der Waals surface area contributed by atoms with E-state index in [4.69, 9.17) is 0 Å². The van der Waals surface area contributed by atoms with E-state index in [1.54, 1.807) is 0 Å². The van der Waals surface area contributed by atoms with Crippen molar-refractivity contribution in [3.8, 4) is 0 Å². The summed E-state index contributed by atoms with van der Waals surface area (Å²) in [5.41, 5.74) is 1.62. The number of aromatic nitrogens is 4. The summed E-state index contributed by atoms with van der Waals surface area (Å²) in [5, 5.41) is 38.2. The topological polar surface area (TPSA) is 146 Å². The first-order valence-corrected chi connectivity index (χ1v) is 12.8. The lowest BCUT2D eigenvalue weighted by atomic mass is 10.2. The van der Waals surface area contributed by atoms with E-state index in [9.17, 15) is 20.2 Å². The molecule has 2 aromatic carbocycles. The average molecular weight is 634 g/mol. The number of benzene rings is 2. The highest BCUT2D eigenvalue weighted by Crippen LogP contribution is 2.35. The van der Waals surface area contributed by atoms with Crippen LogP contribution in [0.2, 0.25) is 0 Å². The molecule has 0 aliphatic carbocycles. The van der Waals surface area contributed by atoms with Crippen molar-refractivity contribution in [2.45, 2.75) is 32.6 Å². The van der Waals surface area contributed by atoms with E-state index in [2.05, 4.69) is 52.7 Å². The Balaban J connectivity index is 1.51. The predicted molar refractivity (Wildman–Crippen MR) is 145 cm³/mol. The van der Waals surface area contributed by atoms with Crippen molar-refractivity contribution in [3.05, 3.63) is 101 Å². The first-order chi connectivity index (χ1) is 17.8. The van der Waals surface area contributed by atoms with Gasteiger partial charge in [-0.1, -0.05) is 60.7 Å². The highest BCUT2D eigenvalue weighted by molar-refractivity contribution is 9.10. The van der Waals surface area contributed by atoms with E-state index in [1.807, 2.05) is 60.7 Å². The Morgan fingerprint density at radius 1 is 0.703 bits per heavy atom. The Morgan fingerprint density at radius 2 is 1.08 bits per heavy atom. The fourth-order valence-electron chi connectivity index (χ4n) is 3.78. The number of nitrogens with one attached hydrogen (secondary N) is 2. The summed E-state index contributed by atoms with van der Waals surface area (Å²) in [5.74, 6) is 0.548. The first-order valence-electron chi connectivity index (χ1n) is 11.2. The minimum atomic E-state index is -0.486. The van der Waals surface area contributed by atoms with E-state index in [0.717, 1.165) is 11.1 Å². The molecule has 4 rings (SSSR count). The molecule has 0 amide bonds. The van der Waals surface area contributed by atoms with Crippen LogP contribution in [-0.2, 0) is 26.2 Å². The molecule has 0 aliphatic heterocycles. The zero-order valence-electron chi connectivity index (χ0n) is 19.4. The Bertz CT molecular complexity index is 1290. The van der Waals surface area contributed by atoms with E-state index < -0.39 is 9.85 Å². The second-order valence-corrected chi connectivity index (χ2v) is 9.47. The number of nitrogens with zero attached hydrogens (tertiary/aromatic N) is 6. The highest BCUT2D eigenvalue weighted by Gasteiger charge is 2.28. The fraction of sp³-hybridized carbons (Fsp3) is 0.217. The van der Waals surface area contributed by atoms with Gasteiger partial charge in [-0.2, -0.15) is 10.2 Å². The van der Waals surface area contributed by atoms with Gasteiger partial charge in [-0.15, -0.1) is 0 Å². The SMILES string of the molecule is O=[N+]([O-])c1c(Br)nn(CCCn2nc(Br)c([N+](=O)[O-])c2NCc2ccccc2)c1NCc1ccccc1. The smallest absolute Gasteiger partial charge is 0.345 e. The second-order valence-electron chi connectivity index (χ2n) is 7.97. The average Bonchev–Trinajstić information content (AvgIpc) is 3.37. The van der Waals surface area contributed by atoms with Crippen LogP contribution in [0.5, 0.6) is 0 Å². The van der Waals surface area contributed by atoms with Crippen molar-refractivity contribution in [1.82, 2.24) is 19.6 Å². The Kier molecular flexibility index (Phi) is 8.50. The summed E-state index contributed by atoms with van der Waals surface area (Å²) in [7, 11) is 0. The van der Waals surface area contributed by atoms with Gasteiger partial charge in [-0.25, -0.2) is 9.36 Å². The Hall–Kier alpha value is -3.78. The standard InChI is InChI=1S/C23H22Br2N8O4/c24-20-18(32(34)35)22(26-14-16-8-3-1-4-9-16)30(28-20)12-7-13-31-23(19(33(36)37)21(25)29-31)27-15-17-10-5-2-6-11-17/h1-6,8-11,26-27H,7,12-15H2. The molecule has 2 N–H and O–H groups in total. The van der Waals surface area contributed by atoms with Crippen LogP contribution in [0.4, 0.5) is 23.0 Å². The van der Waals surface area contributed by atoms with Crippen molar-refractivity contribution in [2.24, 2.45) is 0 Å². The molecule has 4 aromatic rings. The van der Waals surface area contributed by atoms with E-state index in [0.29, 0.717) is 32.6 Å². The molecule has 0 fully saturated rings. The number of anilines is 2. The molecule has 0 atom stereocenters. The van der Waals surface area contributed by atoms with Crippen molar-refractivity contribution in [2.75, 3.05) is 10.6 Å². The highest BCUT2D eigenvalue weighted by atomic mass is 79.9. The van der Waals surface area contributed by atoms with Gasteiger partial charge in [-0.3, -0.25) is 20.2 Å². The van der Waals surface area contributed by atoms with Crippen molar-refractivity contribution in [3.63, 3.8) is 0 Å². The zero-order valence-corrected chi connectivity index (χ0v) is 22.6. The van der Waals surface area contributed by atoms with Crippen molar-refractivity contribution in [1.29, 1.82) is 0 Å². The van der Waals surface area contributed by atoms with Gasteiger partial charge in [0.1, 0.15) is 0 Å². The quantitative estimate of drug-likeness (QED) is 0.148. The van der Waals surface area contributed by atoms with Gasteiger partial charge in [0.2, 0.25) is 20.8 Å². The fourth-order valence-corrected chi connectivity index (χ4v) is 4.83. The molecular formula is C23H22Br2N8O4. The molecule has 2 heterocycles. The van der Waals surface area contributed by atoms with Gasteiger partial charge in [0, 0.05) is 26.2 Å². The van der Waals surface area contributed by atoms with E-state index in [1.165, 1.54) is 9.36 Å². The van der Waals surface area contributed by atoms with Gasteiger partial charge < -0.3 is 10.6 Å². The lowest BCUT2D eigenvalue weighted by Crippen LogP contribution is -2.13. The van der Waals surface area contributed by atoms with Crippen molar-refractivity contribution >= 4 is 54.9 Å². The largest absolute Gasteiger partial charge is 0.360 e. The molecular weight excluding hydrogens is 612 g/mol. The van der Waals surface area contributed by atoms with Crippen LogP contribution >= 0.6 is 31.9 Å². The molecule has 0 radical (unpaired) electrons. The molecule has 37 heavy (non-hydrogen) atoms. The molecule has 0 aliphatic rings. The number of aryl methyl sites for hydroxylation is 2. The summed E-state index contributed by atoms with van der Waals surface area (Å²) < 4.78 is 3.29. The van der Waals surface area contributed by atoms with Crippen LogP contribution in [0.15, 0.2) is 69.9 Å². The summed E-state index contributed by atoms with van der Waals surface area (Å²) >= 11 is 6.38. The molecule has 14 heteroatoms. The number of halogens is 2. The van der Waals surface area contributed by atoms with Crippen molar-refractivity contribution < 1.29 is 9.85 Å². The number of rotatable bonds is 12. The first kappa shape index (κ1) is 26.3. The maximum Gasteiger partial charge on any atom is 0.345 e. The third kappa shape index (κ3) is 6.32. The monoisotopic (exact) mass is 632 g/mol. The second kappa shape index (κ2) is 12.0. The number of hydrogen-bond donors (Lipinski definition) is 2. The van der Waals surface area contributed by atoms with Gasteiger partial charge in [0.25, 0.3) is 0 Å². The lowest BCUT2D eigenvalue weighted by molar-refractivity contribution is -0.384. The number of nitro groups is 2.